The van der Waals surface area contributed by atoms with Gasteiger partial charge in [-0.2, -0.15) is 0 Å². The zero-order valence-electron chi connectivity index (χ0n) is 10.7. The number of hydrazine groups is 1. The minimum Gasteiger partial charge on any atom is -0.272 e. The molecule has 2 aliphatic heterocycles. The number of benzene rings is 2. The fourth-order valence-electron chi connectivity index (χ4n) is 2.92. The van der Waals surface area contributed by atoms with Crippen LogP contribution in [0.3, 0.4) is 0 Å². The summed E-state index contributed by atoms with van der Waals surface area (Å²) in [6, 6.07) is 15.2. The summed E-state index contributed by atoms with van der Waals surface area (Å²) in [6.07, 6.45) is 0.699. The van der Waals surface area contributed by atoms with Gasteiger partial charge in [-0.3, -0.25) is 9.59 Å². The molecule has 0 atom stereocenters. The van der Waals surface area contributed by atoms with Crippen molar-refractivity contribution in [3.8, 4) is 0 Å². The Balaban J connectivity index is 1.86. The Morgan fingerprint density at radius 2 is 1.05 bits per heavy atom. The van der Waals surface area contributed by atoms with Crippen LogP contribution in [0, 0.1) is 0 Å². The Kier molecular flexibility index (Phi) is 2.21. The molecule has 4 heteroatoms. The number of nitrogens with zero attached hydrogens (tertiary/aromatic N) is 2. The van der Waals surface area contributed by atoms with Crippen LogP contribution in [-0.2, 0) is 22.4 Å². The number of carbonyl (C=O) groups is 2. The average Bonchev–Trinajstić information content (AvgIpc) is 2.94. The van der Waals surface area contributed by atoms with Gasteiger partial charge in [0, 0.05) is 0 Å². The van der Waals surface area contributed by atoms with E-state index in [1.807, 2.05) is 48.5 Å². The monoisotopic (exact) mass is 264 g/mol. The van der Waals surface area contributed by atoms with Gasteiger partial charge in [0.2, 0.25) is 0 Å². The second-order valence-electron chi connectivity index (χ2n) is 5.02. The minimum atomic E-state index is -0.0590. The lowest BCUT2D eigenvalue weighted by Crippen LogP contribution is -2.47. The van der Waals surface area contributed by atoms with Crippen LogP contribution < -0.4 is 10.0 Å². The lowest BCUT2D eigenvalue weighted by atomic mass is 10.2. The summed E-state index contributed by atoms with van der Waals surface area (Å²) in [5.41, 5.74) is 3.55. The van der Waals surface area contributed by atoms with Crippen LogP contribution >= 0.6 is 0 Å². The van der Waals surface area contributed by atoms with Crippen LogP contribution in [0.4, 0.5) is 11.4 Å². The predicted octanol–water partition coefficient (Wildman–Crippen LogP) is 2.08. The second kappa shape index (κ2) is 3.93. The third-order valence-electron chi connectivity index (χ3n) is 3.80. The van der Waals surface area contributed by atoms with Gasteiger partial charge in [-0.05, 0) is 23.3 Å². The molecule has 0 saturated heterocycles. The lowest BCUT2D eigenvalue weighted by molar-refractivity contribution is -0.122. The summed E-state index contributed by atoms with van der Waals surface area (Å²) in [5.74, 6) is -0.118. The van der Waals surface area contributed by atoms with E-state index < -0.39 is 0 Å². The maximum absolute atomic E-state index is 12.3. The van der Waals surface area contributed by atoms with Crippen LogP contribution in [-0.4, -0.2) is 11.8 Å². The number of anilines is 2. The summed E-state index contributed by atoms with van der Waals surface area (Å²) >= 11 is 0. The molecular formula is C16H12N2O2. The number of para-hydroxylation sites is 2. The van der Waals surface area contributed by atoms with E-state index in [9.17, 15) is 9.59 Å². The average molecular weight is 264 g/mol. The van der Waals surface area contributed by atoms with Crippen molar-refractivity contribution in [2.45, 2.75) is 12.8 Å². The molecule has 2 heterocycles. The third kappa shape index (κ3) is 1.42. The summed E-state index contributed by atoms with van der Waals surface area (Å²) in [7, 11) is 0. The number of carbonyl (C=O) groups excluding carboxylic acids is 2. The molecule has 0 bridgehead atoms. The van der Waals surface area contributed by atoms with E-state index in [2.05, 4.69) is 0 Å². The van der Waals surface area contributed by atoms with E-state index in [4.69, 9.17) is 0 Å². The normalized spacial score (nSPS) is 16.6. The van der Waals surface area contributed by atoms with E-state index in [0.717, 1.165) is 22.5 Å². The molecule has 0 fully saturated rings. The van der Waals surface area contributed by atoms with Crippen LogP contribution in [0.1, 0.15) is 11.1 Å². The predicted molar refractivity (Wildman–Crippen MR) is 75.3 cm³/mol. The molecule has 0 spiro atoms. The van der Waals surface area contributed by atoms with E-state index in [1.165, 1.54) is 10.0 Å². The van der Waals surface area contributed by atoms with Crippen molar-refractivity contribution >= 4 is 23.2 Å². The largest absolute Gasteiger partial charge is 0.272 e. The Morgan fingerprint density at radius 3 is 1.50 bits per heavy atom. The molecule has 2 aromatic rings. The molecule has 0 unspecified atom stereocenters. The summed E-state index contributed by atoms with van der Waals surface area (Å²) in [5, 5.41) is 3.03. The molecule has 4 rings (SSSR count). The fourth-order valence-corrected chi connectivity index (χ4v) is 2.92. The highest BCUT2D eigenvalue weighted by atomic mass is 16.2. The number of hydrogen-bond donors (Lipinski definition) is 0. The topological polar surface area (TPSA) is 40.6 Å². The van der Waals surface area contributed by atoms with Crippen LogP contribution in [0.25, 0.3) is 0 Å². The van der Waals surface area contributed by atoms with Crippen LogP contribution in [0.15, 0.2) is 48.5 Å². The maximum Gasteiger partial charge on any atom is 0.250 e. The molecular weight excluding hydrogens is 252 g/mol. The number of amides is 2. The van der Waals surface area contributed by atoms with Crippen molar-refractivity contribution < 1.29 is 9.59 Å². The Morgan fingerprint density at radius 1 is 0.650 bits per heavy atom. The van der Waals surface area contributed by atoms with Crippen molar-refractivity contribution in [2.24, 2.45) is 0 Å². The molecule has 4 nitrogen and oxygen atoms in total. The van der Waals surface area contributed by atoms with Crippen molar-refractivity contribution in [1.82, 2.24) is 0 Å². The van der Waals surface area contributed by atoms with Gasteiger partial charge in [-0.15, -0.1) is 0 Å². The highest BCUT2D eigenvalue weighted by Gasteiger charge is 2.39. The highest BCUT2D eigenvalue weighted by molar-refractivity contribution is 6.13. The zero-order chi connectivity index (χ0) is 13.7. The first kappa shape index (κ1) is 11.2. The molecule has 20 heavy (non-hydrogen) atoms. The Bertz CT molecular complexity index is 675. The molecule has 0 aliphatic carbocycles. The van der Waals surface area contributed by atoms with Crippen molar-refractivity contribution in [2.75, 3.05) is 10.0 Å². The second-order valence-corrected chi connectivity index (χ2v) is 5.02. The lowest BCUT2D eigenvalue weighted by Gasteiger charge is -2.28. The van der Waals surface area contributed by atoms with Crippen molar-refractivity contribution in [3.05, 3.63) is 59.7 Å². The molecule has 0 aromatic heterocycles. The standard InChI is InChI=1S/C16H12N2O2/c19-15-9-11-5-1-3-7-13(11)17(15)18-14-8-4-2-6-12(14)10-16(18)20/h1-8H,9-10H2. The van der Waals surface area contributed by atoms with Gasteiger partial charge in [-0.1, -0.05) is 36.4 Å². The first-order valence-electron chi connectivity index (χ1n) is 6.57. The molecule has 0 saturated carbocycles. The fraction of sp³-hybridized carbons (Fsp3) is 0.125. The summed E-state index contributed by atoms with van der Waals surface area (Å²) < 4.78 is 0. The van der Waals surface area contributed by atoms with Crippen molar-refractivity contribution in [3.63, 3.8) is 0 Å². The molecule has 0 N–H and O–H groups in total. The number of rotatable bonds is 1. The van der Waals surface area contributed by atoms with Gasteiger partial charge in [0.1, 0.15) is 0 Å². The first-order chi connectivity index (χ1) is 9.75. The van der Waals surface area contributed by atoms with Gasteiger partial charge in [-0.25, -0.2) is 10.0 Å². The van der Waals surface area contributed by atoms with Crippen LogP contribution in [0.5, 0.6) is 0 Å². The maximum atomic E-state index is 12.3. The van der Waals surface area contributed by atoms with E-state index in [0.29, 0.717) is 12.8 Å². The van der Waals surface area contributed by atoms with Gasteiger partial charge < -0.3 is 0 Å². The van der Waals surface area contributed by atoms with E-state index >= 15 is 0 Å². The van der Waals surface area contributed by atoms with Crippen molar-refractivity contribution in [1.29, 1.82) is 0 Å². The van der Waals surface area contributed by atoms with Gasteiger partial charge >= 0.3 is 0 Å². The van der Waals surface area contributed by atoms with E-state index in [1.54, 1.807) is 0 Å². The Hall–Kier alpha value is -2.62. The van der Waals surface area contributed by atoms with Gasteiger partial charge in [0.25, 0.3) is 11.8 Å². The molecule has 2 aromatic carbocycles. The summed E-state index contributed by atoms with van der Waals surface area (Å²) in [6.45, 7) is 0. The first-order valence-corrected chi connectivity index (χ1v) is 6.57. The number of fused-ring (bicyclic) bond motifs is 2. The third-order valence-corrected chi connectivity index (χ3v) is 3.80. The minimum absolute atomic E-state index is 0.0590. The molecule has 98 valence electrons. The number of hydrogen-bond acceptors (Lipinski definition) is 2. The molecule has 0 radical (unpaired) electrons. The quantitative estimate of drug-likeness (QED) is 0.791. The van der Waals surface area contributed by atoms with E-state index in [-0.39, 0.29) is 11.8 Å². The van der Waals surface area contributed by atoms with Crippen LogP contribution in [0.2, 0.25) is 0 Å². The zero-order valence-corrected chi connectivity index (χ0v) is 10.7. The molecule has 2 aliphatic rings. The SMILES string of the molecule is O=C1Cc2ccccc2N1N1C(=O)Cc2ccccc21. The smallest absolute Gasteiger partial charge is 0.250 e. The Labute approximate surface area is 116 Å². The molecule has 2 amide bonds. The highest BCUT2D eigenvalue weighted by Crippen LogP contribution is 2.37. The van der Waals surface area contributed by atoms with Gasteiger partial charge in [0.05, 0.1) is 24.2 Å². The summed E-state index contributed by atoms with van der Waals surface area (Å²) in [4.78, 5) is 24.6. The van der Waals surface area contributed by atoms with Gasteiger partial charge in [0.15, 0.2) is 0 Å².